The highest BCUT2D eigenvalue weighted by Gasteiger charge is 2.19. The van der Waals surface area contributed by atoms with Crippen molar-refractivity contribution >= 4 is 11.5 Å². The maximum absolute atomic E-state index is 5.62. The van der Waals surface area contributed by atoms with Gasteiger partial charge in [-0.05, 0) is 32.3 Å². The molecule has 0 aliphatic rings. The van der Waals surface area contributed by atoms with Crippen LogP contribution in [0, 0.1) is 6.92 Å². The van der Waals surface area contributed by atoms with Crippen molar-refractivity contribution in [3.63, 3.8) is 0 Å². The van der Waals surface area contributed by atoms with Gasteiger partial charge in [-0.2, -0.15) is 5.10 Å². The molecular weight excluding hydrogens is 250 g/mol. The predicted octanol–water partition coefficient (Wildman–Crippen LogP) is 0.766. The van der Waals surface area contributed by atoms with Gasteiger partial charge < -0.3 is 0 Å². The summed E-state index contributed by atoms with van der Waals surface area (Å²) in [5.74, 6) is 6.52. The number of nitrogens with one attached hydrogen (secondary N) is 1. The zero-order valence-corrected chi connectivity index (χ0v) is 11.5. The van der Waals surface area contributed by atoms with E-state index in [-0.39, 0.29) is 12.1 Å². The van der Waals surface area contributed by atoms with Crippen LogP contribution in [0.5, 0.6) is 0 Å². The van der Waals surface area contributed by atoms with Crippen LogP contribution in [-0.4, -0.2) is 24.4 Å². The summed E-state index contributed by atoms with van der Waals surface area (Å²) in [5.41, 5.74) is 3.70. The lowest BCUT2D eigenvalue weighted by atomic mass is 10.1. The Morgan fingerprint density at radius 3 is 2.83 bits per heavy atom. The Bertz CT molecular complexity index is 504. The average molecular weight is 267 g/mol. The van der Waals surface area contributed by atoms with Gasteiger partial charge in [0.25, 0.3) is 0 Å². The fourth-order valence-electron chi connectivity index (χ4n) is 1.82. The topological polar surface area (TPSA) is 94.5 Å². The van der Waals surface area contributed by atoms with Crippen LogP contribution >= 0.6 is 11.5 Å². The maximum atomic E-state index is 5.62. The van der Waals surface area contributed by atoms with Crippen LogP contribution < -0.4 is 11.3 Å². The minimum absolute atomic E-state index is 0.0355. The van der Waals surface area contributed by atoms with Crippen LogP contribution in [0.4, 0.5) is 0 Å². The summed E-state index contributed by atoms with van der Waals surface area (Å²) in [4.78, 5) is 5.32. The van der Waals surface area contributed by atoms with Crippen LogP contribution in [-0.2, 0) is 6.42 Å². The maximum Gasteiger partial charge on any atom is 0.138 e. The first-order valence-electron chi connectivity index (χ1n) is 5.76. The van der Waals surface area contributed by atoms with Gasteiger partial charge in [-0.15, -0.1) is 5.10 Å². The van der Waals surface area contributed by atoms with Crippen LogP contribution in [0.1, 0.15) is 42.3 Å². The number of hydrogen-bond acceptors (Lipinski definition) is 7. The molecule has 18 heavy (non-hydrogen) atoms. The number of aryl methyl sites for hydroxylation is 1. The van der Waals surface area contributed by atoms with Gasteiger partial charge in [-0.25, -0.2) is 9.67 Å². The molecule has 0 aliphatic heterocycles. The summed E-state index contributed by atoms with van der Waals surface area (Å²) in [7, 11) is 0. The molecule has 0 amide bonds. The van der Waals surface area contributed by atoms with Gasteiger partial charge in [-0.3, -0.25) is 11.3 Å². The Balaban J connectivity index is 2.21. The van der Waals surface area contributed by atoms with Crippen molar-refractivity contribution in [1.29, 1.82) is 0 Å². The first-order valence-corrected chi connectivity index (χ1v) is 6.54. The molecule has 0 aromatic carbocycles. The number of hydrogen-bond donors (Lipinski definition) is 2. The molecule has 0 saturated heterocycles. The fourth-order valence-corrected chi connectivity index (χ4v) is 2.52. The first kappa shape index (κ1) is 13.1. The Hall–Kier alpha value is -1.38. The van der Waals surface area contributed by atoms with Gasteiger partial charge in [-0.1, -0.05) is 4.49 Å². The third kappa shape index (κ3) is 2.55. The van der Waals surface area contributed by atoms with Crippen molar-refractivity contribution in [2.75, 3.05) is 0 Å². The lowest BCUT2D eigenvalue weighted by Gasteiger charge is -2.15. The summed E-state index contributed by atoms with van der Waals surface area (Å²) in [5, 5.41) is 8.22. The van der Waals surface area contributed by atoms with E-state index in [1.807, 2.05) is 11.6 Å². The van der Waals surface area contributed by atoms with Crippen molar-refractivity contribution in [2.24, 2.45) is 5.84 Å². The van der Waals surface area contributed by atoms with Crippen molar-refractivity contribution in [1.82, 2.24) is 29.8 Å². The normalized spacial score (nSPS) is 13.2. The highest BCUT2D eigenvalue weighted by molar-refractivity contribution is 7.05. The van der Waals surface area contributed by atoms with E-state index in [4.69, 9.17) is 5.84 Å². The van der Waals surface area contributed by atoms with Crippen molar-refractivity contribution < 1.29 is 0 Å². The average Bonchev–Trinajstić information content (AvgIpc) is 2.94. The Labute approximate surface area is 110 Å². The molecule has 0 saturated carbocycles. The van der Waals surface area contributed by atoms with Gasteiger partial charge in [0.15, 0.2) is 0 Å². The van der Waals surface area contributed by atoms with Crippen LogP contribution in [0.15, 0.2) is 6.33 Å². The zero-order valence-electron chi connectivity index (χ0n) is 10.7. The molecule has 0 aliphatic carbocycles. The molecule has 1 atom stereocenters. The van der Waals surface area contributed by atoms with E-state index in [9.17, 15) is 0 Å². The largest absolute Gasteiger partial charge is 0.271 e. The molecule has 0 spiro atoms. The third-order valence-corrected chi connectivity index (χ3v) is 3.67. The minimum Gasteiger partial charge on any atom is -0.271 e. The minimum atomic E-state index is -0.0355. The zero-order chi connectivity index (χ0) is 13.1. The summed E-state index contributed by atoms with van der Waals surface area (Å²) >= 11 is 1.36. The van der Waals surface area contributed by atoms with Crippen molar-refractivity contribution in [3.05, 3.63) is 22.7 Å². The second-order valence-corrected chi connectivity index (χ2v) is 5.15. The molecule has 8 heteroatoms. The standard InChI is InChI=1S/C10H17N7S/c1-6(2)17-9(12-5-13-17)4-8(14-11)10-7(3)15-16-18-10/h5-6,8,14H,4,11H2,1-3H3. The molecule has 0 bridgehead atoms. The van der Waals surface area contributed by atoms with E-state index < -0.39 is 0 Å². The van der Waals surface area contributed by atoms with E-state index in [1.54, 1.807) is 6.33 Å². The van der Waals surface area contributed by atoms with Crippen LogP contribution in [0.3, 0.4) is 0 Å². The number of aromatic nitrogens is 5. The van der Waals surface area contributed by atoms with Crippen molar-refractivity contribution in [2.45, 2.75) is 39.3 Å². The van der Waals surface area contributed by atoms with Crippen molar-refractivity contribution in [3.8, 4) is 0 Å². The fraction of sp³-hybridized carbons (Fsp3) is 0.600. The van der Waals surface area contributed by atoms with E-state index in [2.05, 4.69) is 38.9 Å². The summed E-state index contributed by atoms with van der Waals surface area (Å²) < 4.78 is 5.83. The van der Waals surface area contributed by atoms with Gasteiger partial charge in [0.2, 0.25) is 0 Å². The SMILES string of the molecule is Cc1nnsc1C(Cc1ncnn1C(C)C)NN. The van der Waals surface area contributed by atoms with E-state index in [0.29, 0.717) is 6.42 Å². The van der Waals surface area contributed by atoms with Crippen LogP contribution in [0.25, 0.3) is 0 Å². The molecule has 1 unspecified atom stereocenters. The van der Waals surface area contributed by atoms with Crippen LogP contribution in [0.2, 0.25) is 0 Å². The molecule has 2 heterocycles. The van der Waals surface area contributed by atoms with Gasteiger partial charge in [0.1, 0.15) is 12.2 Å². The van der Waals surface area contributed by atoms with E-state index in [1.165, 1.54) is 11.5 Å². The van der Waals surface area contributed by atoms with Gasteiger partial charge in [0, 0.05) is 12.5 Å². The Kier molecular flexibility index (Phi) is 4.00. The number of nitrogens with two attached hydrogens (primary N) is 1. The summed E-state index contributed by atoms with van der Waals surface area (Å²) in [6.45, 7) is 6.07. The second kappa shape index (κ2) is 5.51. The third-order valence-electron chi connectivity index (χ3n) is 2.73. The molecular formula is C10H17N7S. The second-order valence-electron chi connectivity index (χ2n) is 4.36. The summed E-state index contributed by atoms with van der Waals surface area (Å²) in [6.07, 6.45) is 2.24. The van der Waals surface area contributed by atoms with Gasteiger partial charge >= 0.3 is 0 Å². The molecule has 0 fully saturated rings. The lowest BCUT2D eigenvalue weighted by Crippen LogP contribution is -2.30. The smallest absolute Gasteiger partial charge is 0.138 e. The molecule has 98 valence electrons. The quantitative estimate of drug-likeness (QED) is 0.613. The summed E-state index contributed by atoms with van der Waals surface area (Å²) in [6, 6.07) is 0.244. The van der Waals surface area contributed by atoms with Gasteiger partial charge in [0.05, 0.1) is 16.6 Å². The molecule has 3 N–H and O–H groups in total. The lowest BCUT2D eigenvalue weighted by molar-refractivity contribution is 0.470. The van der Waals surface area contributed by atoms with E-state index in [0.717, 1.165) is 16.4 Å². The molecule has 2 rings (SSSR count). The molecule has 7 nitrogen and oxygen atoms in total. The predicted molar refractivity (Wildman–Crippen MR) is 68.8 cm³/mol. The monoisotopic (exact) mass is 267 g/mol. The molecule has 0 radical (unpaired) electrons. The van der Waals surface area contributed by atoms with E-state index >= 15 is 0 Å². The number of rotatable bonds is 5. The molecule has 2 aromatic rings. The molecule has 2 aromatic heterocycles. The number of hydrazine groups is 1. The highest BCUT2D eigenvalue weighted by Crippen LogP contribution is 2.22. The number of nitrogens with zero attached hydrogens (tertiary/aromatic N) is 5. The Morgan fingerprint density at radius 2 is 2.28 bits per heavy atom. The Morgan fingerprint density at radius 1 is 1.50 bits per heavy atom. The first-order chi connectivity index (χ1) is 8.63. The highest BCUT2D eigenvalue weighted by atomic mass is 32.1.